The molecular formula is C131H92. The quantitative estimate of drug-likeness (QED) is 0.120. The van der Waals surface area contributed by atoms with Crippen LogP contribution >= 0.6 is 0 Å². The molecule has 0 radical (unpaired) electrons. The van der Waals surface area contributed by atoms with E-state index in [1.165, 1.54) is 252 Å². The third-order valence-corrected chi connectivity index (χ3v) is 27.1. The molecule has 131 heavy (non-hydrogen) atoms. The van der Waals surface area contributed by atoms with Crippen molar-refractivity contribution in [1.82, 2.24) is 0 Å². The summed E-state index contributed by atoms with van der Waals surface area (Å²) in [5.41, 5.74) is 27.8. The Bertz CT molecular complexity index is 8780. The Morgan fingerprint density at radius 1 is 0.122 bits per heavy atom. The first kappa shape index (κ1) is 79.3. The maximum absolute atomic E-state index is 2.42. The number of rotatable bonds is 10. The van der Waals surface area contributed by atoms with E-state index < -0.39 is 0 Å². The molecule has 0 amide bonds. The molecule has 0 heterocycles. The fraction of sp³-hybridized carbons (Fsp3) is 0.0382. The molecule has 25 aromatic rings. The first-order valence-corrected chi connectivity index (χ1v) is 45.7. The maximum atomic E-state index is 2.42. The summed E-state index contributed by atoms with van der Waals surface area (Å²) in [6.07, 6.45) is 0. The van der Waals surface area contributed by atoms with Gasteiger partial charge >= 0.3 is 0 Å². The largest absolute Gasteiger partial charge is 0.0622 e. The van der Waals surface area contributed by atoms with Crippen molar-refractivity contribution in [2.75, 3.05) is 0 Å². The molecular weight excluding hydrogens is 1570 g/mol. The van der Waals surface area contributed by atoms with E-state index in [0.29, 0.717) is 0 Å². The molecule has 0 aromatic heterocycles. The van der Waals surface area contributed by atoms with Crippen LogP contribution in [0.1, 0.15) is 31.9 Å². The molecule has 0 spiro atoms. The van der Waals surface area contributed by atoms with Gasteiger partial charge < -0.3 is 0 Å². The minimum absolute atomic E-state index is 0.124. The zero-order valence-corrected chi connectivity index (χ0v) is 73.7. The topological polar surface area (TPSA) is 0 Å². The van der Waals surface area contributed by atoms with Crippen molar-refractivity contribution in [1.29, 1.82) is 0 Å². The van der Waals surface area contributed by atoms with Gasteiger partial charge in [-0.25, -0.2) is 0 Å². The van der Waals surface area contributed by atoms with E-state index in [-0.39, 0.29) is 5.41 Å². The summed E-state index contributed by atoms with van der Waals surface area (Å²) in [5, 5.41) is 30.4. The van der Waals surface area contributed by atoms with Crippen LogP contribution in [-0.2, 0) is 5.41 Å². The van der Waals surface area contributed by atoms with Gasteiger partial charge in [-0.05, 0) is 313 Å². The highest BCUT2D eigenvalue weighted by atomic mass is 14.3. The minimum atomic E-state index is 0.124. The monoisotopic (exact) mass is 1660 g/mol. The molecule has 0 heteroatoms. The van der Waals surface area contributed by atoms with Crippen molar-refractivity contribution in [3.63, 3.8) is 0 Å². The molecule has 0 bridgehead atoms. The van der Waals surface area contributed by atoms with Gasteiger partial charge in [-0.15, -0.1) is 0 Å². The van der Waals surface area contributed by atoms with Crippen LogP contribution in [0.15, 0.2) is 485 Å². The highest BCUT2D eigenvalue weighted by molar-refractivity contribution is 6.26. The van der Waals surface area contributed by atoms with Crippen LogP contribution in [0.5, 0.6) is 0 Å². The Balaban J connectivity index is 0.000000112. The van der Waals surface area contributed by atoms with Gasteiger partial charge in [0, 0.05) is 0 Å². The Kier molecular flexibility index (Phi) is 20.2. The molecule has 0 unspecified atom stereocenters. The maximum Gasteiger partial charge on any atom is -0.00259 e. The molecule has 0 saturated heterocycles. The van der Waals surface area contributed by atoms with Crippen molar-refractivity contribution >= 4 is 129 Å². The summed E-state index contributed by atoms with van der Waals surface area (Å²) >= 11 is 0. The van der Waals surface area contributed by atoms with Crippen LogP contribution in [0.3, 0.4) is 0 Å². The van der Waals surface area contributed by atoms with E-state index in [4.69, 9.17) is 0 Å². The highest BCUT2D eigenvalue weighted by Gasteiger charge is 2.24. The zero-order chi connectivity index (χ0) is 87.6. The lowest BCUT2D eigenvalue weighted by Crippen LogP contribution is -2.10. The lowest BCUT2D eigenvalue weighted by molar-refractivity contribution is 0.590. The third-order valence-electron chi connectivity index (χ3n) is 27.1. The van der Waals surface area contributed by atoms with Gasteiger partial charge in [0.15, 0.2) is 0 Å². The fourth-order valence-electron chi connectivity index (χ4n) is 20.4. The SMILES string of the molecule is CC(C)(C)c1ccc(-c2ccc3c(-c4ccc5ccccc5c4)c4ccccc4c(-c4ccc5ccccc5c4)c3c2)cc1.Cc1ccc(-c2ccc3c(-c4ccc5ccccc5c4)c4ccccc4c(-c4ccc5ccccc5c4)c3c2)cc1.c1ccc(-c2ccc(-c3ccc4c(-c5ccc6ccccc6c5)c5ccccc5c(-c5ccc6ccccc6c5)c4c3)cc2)cc1. The molecule has 616 valence electrons. The molecule has 25 aromatic carbocycles. The minimum Gasteiger partial charge on any atom is -0.0622 e. The molecule has 0 atom stereocenters. The molecule has 0 aliphatic carbocycles. The molecule has 25 rings (SSSR count). The van der Waals surface area contributed by atoms with Gasteiger partial charge in [0.05, 0.1) is 0 Å². The van der Waals surface area contributed by atoms with Crippen LogP contribution in [-0.4, -0.2) is 0 Å². The summed E-state index contributed by atoms with van der Waals surface area (Å²) < 4.78 is 0. The normalized spacial score (nSPS) is 11.7. The van der Waals surface area contributed by atoms with Crippen LogP contribution in [0, 0.1) is 6.92 Å². The van der Waals surface area contributed by atoms with E-state index in [0.717, 1.165) is 0 Å². The predicted molar refractivity (Wildman–Crippen MR) is 567 cm³/mol. The second-order valence-corrected chi connectivity index (χ2v) is 36.2. The standard InChI is InChI=1S/C46H30.C44H34.C41H28/c1-2-10-31(11-3-1)34-18-20-35(21-19-34)38-26-27-43-44(30-38)46(40-25-23-33-13-5-7-15-37(33)29-40)42-17-9-8-16-41(42)45(43)39-24-22-32-12-4-6-14-36(32)28-39;1-44(2,3)37-23-20-31(21-24-37)34-22-25-40-41(28-34)43(36-19-17-30-11-5-7-13-33(30)27-36)39-15-9-8-14-38(39)42(40)35-18-16-29-10-4-6-12-32(29)26-35;1-27-14-16-30(17-15-27)33-22-23-38-39(26-33)41(35-21-19-29-9-3-5-11-32(29)25-35)37-13-7-6-12-36(37)40(38)34-20-18-28-8-2-4-10-31(28)24-34/h1-30H;4-28H,1-3H3;2-26H,1H3. The van der Waals surface area contributed by atoms with Crippen LogP contribution in [0.25, 0.3) is 241 Å². The van der Waals surface area contributed by atoms with Crippen molar-refractivity contribution in [3.8, 4) is 111 Å². The fourth-order valence-corrected chi connectivity index (χ4v) is 20.4. The molecule has 0 saturated carbocycles. The summed E-state index contributed by atoms with van der Waals surface area (Å²) in [7, 11) is 0. The Labute approximate surface area is 764 Å². The number of fused-ring (bicyclic) bond motifs is 12. The van der Waals surface area contributed by atoms with Gasteiger partial charge in [-0.2, -0.15) is 0 Å². The van der Waals surface area contributed by atoms with Gasteiger partial charge in [-0.3, -0.25) is 0 Å². The molecule has 0 aliphatic heterocycles. The smallest absolute Gasteiger partial charge is 0.00259 e. The van der Waals surface area contributed by atoms with E-state index in [1.807, 2.05) is 0 Å². The van der Waals surface area contributed by atoms with Crippen LogP contribution in [0.4, 0.5) is 0 Å². The van der Waals surface area contributed by atoms with E-state index in [9.17, 15) is 0 Å². The Morgan fingerprint density at radius 3 is 0.550 bits per heavy atom. The average molecular weight is 1670 g/mol. The van der Waals surface area contributed by atoms with E-state index >= 15 is 0 Å². The Hall–Kier alpha value is -16.4. The lowest BCUT2D eigenvalue weighted by Gasteiger charge is -2.20. The summed E-state index contributed by atoms with van der Waals surface area (Å²) in [6.45, 7) is 8.96. The van der Waals surface area contributed by atoms with Crippen molar-refractivity contribution in [2.24, 2.45) is 0 Å². The highest BCUT2D eigenvalue weighted by Crippen LogP contribution is 2.51. The lowest BCUT2D eigenvalue weighted by atomic mass is 9.83. The number of hydrogen-bond acceptors (Lipinski definition) is 0. The second-order valence-electron chi connectivity index (χ2n) is 36.2. The van der Waals surface area contributed by atoms with Crippen molar-refractivity contribution in [3.05, 3.63) is 496 Å². The first-order chi connectivity index (χ1) is 64.5. The summed E-state index contributed by atoms with van der Waals surface area (Å²) in [5.74, 6) is 0. The van der Waals surface area contributed by atoms with E-state index in [1.54, 1.807) is 0 Å². The van der Waals surface area contributed by atoms with Crippen LogP contribution in [0.2, 0.25) is 0 Å². The van der Waals surface area contributed by atoms with Gasteiger partial charge in [0.25, 0.3) is 0 Å². The number of benzene rings is 25. The number of aryl methyl sites for hydroxylation is 1. The molecule has 0 N–H and O–H groups in total. The predicted octanol–water partition coefficient (Wildman–Crippen LogP) is 37.2. The van der Waals surface area contributed by atoms with Gasteiger partial charge in [0.2, 0.25) is 0 Å². The van der Waals surface area contributed by atoms with Crippen molar-refractivity contribution in [2.45, 2.75) is 33.1 Å². The molecule has 0 nitrogen and oxygen atoms in total. The molecule has 0 fully saturated rings. The average Bonchev–Trinajstić information content (AvgIpc) is 0.734. The first-order valence-electron chi connectivity index (χ1n) is 45.7. The number of hydrogen-bond donors (Lipinski definition) is 0. The van der Waals surface area contributed by atoms with E-state index in [2.05, 4.69) is 513 Å². The van der Waals surface area contributed by atoms with Crippen molar-refractivity contribution < 1.29 is 0 Å². The zero-order valence-electron chi connectivity index (χ0n) is 73.7. The van der Waals surface area contributed by atoms with Crippen LogP contribution < -0.4 is 0 Å². The Morgan fingerprint density at radius 2 is 0.298 bits per heavy atom. The van der Waals surface area contributed by atoms with Gasteiger partial charge in [0.1, 0.15) is 0 Å². The molecule has 0 aliphatic rings. The second kappa shape index (κ2) is 33.4. The third kappa shape index (κ3) is 15.0. The summed E-state index contributed by atoms with van der Waals surface area (Å²) in [4.78, 5) is 0. The summed E-state index contributed by atoms with van der Waals surface area (Å²) in [6, 6.07) is 179. The van der Waals surface area contributed by atoms with Gasteiger partial charge in [-0.1, -0.05) is 457 Å².